The van der Waals surface area contributed by atoms with Gasteiger partial charge in [0.15, 0.2) is 0 Å². The summed E-state index contributed by atoms with van der Waals surface area (Å²) >= 11 is 8.01. The number of aryl methyl sites for hydroxylation is 3. The van der Waals surface area contributed by atoms with Crippen molar-refractivity contribution < 1.29 is 0 Å². The molecule has 3 aromatic rings. The second-order valence-corrected chi connectivity index (χ2v) is 7.13. The Labute approximate surface area is 132 Å². The molecule has 0 amide bonds. The van der Waals surface area contributed by atoms with Gasteiger partial charge in [0.25, 0.3) is 0 Å². The van der Waals surface area contributed by atoms with E-state index in [4.69, 9.17) is 11.6 Å². The fourth-order valence-electron chi connectivity index (χ4n) is 3.25. The molecule has 2 nitrogen and oxygen atoms in total. The minimum Gasteiger partial charge on any atom is -0.225 e. The summed E-state index contributed by atoms with van der Waals surface area (Å²) in [6.07, 6.45) is 6.55. The van der Waals surface area contributed by atoms with Crippen molar-refractivity contribution in [1.29, 1.82) is 0 Å². The molecule has 0 fully saturated rings. The summed E-state index contributed by atoms with van der Waals surface area (Å²) in [4.78, 5) is 10.7. The van der Waals surface area contributed by atoms with Gasteiger partial charge in [-0.2, -0.15) is 0 Å². The number of hydrogen-bond donors (Lipinski definition) is 0. The van der Waals surface area contributed by atoms with Crippen LogP contribution in [-0.4, -0.2) is 9.97 Å². The van der Waals surface area contributed by atoms with Crippen LogP contribution in [0.25, 0.3) is 21.3 Å². The first-order chi connectivity index (χ1) is 10.2. The Balaban J connectivity index is 1.96. The smallest absolute Gasteiger partial charge is 0.141 e. The molecule has 106 valence electrons. The third kappa shape index (κ3) is 2.16. The number of thiophene rings is 1. The Morgan fingerprint density at radius 3 is 2.76 bits per heavy atom. The van der Waals surface area contributed by atoms with Gasteiger partial charge in [-0.05, 0) is 49.3 Å². The Morgan fingerprint density at radius 2 is 1.90 bits per heavy atom. The van der Waals surface area contributed by atoms with E-state index in [1.807, 2.05) is 0 Å². The fraction of sp³-hybridized carbons (Fsp3) is 0.294. The highest BCUT2D eigenvalue weighted by molar-refractivity contribution is 7.19. The number of benzene rings is 1. The third-order valence-electron chi connectivity index (χ3n) is 4.26. The van der Waals surface area contributed by atoms with Crippen LogP contribution in [0.2, 0.25) is 5.15 Å². The Hall–Kier alpha value is -1.45. The number of halogens is 1. The first kappa shape index (κ1) is 13.2. The lowest BCUT2D eigenvalue weighted by molar-refractivity contribution is 0.686. The molecule has 2 heterocycles. The molecule has 1 aliphatic carbocycles. The topological polar surface area (TPSA) is 25.8 Å². The van der Waals surface area contributed by atoms with E-state index in [1.165, 1.54) is 59.1 Å². The minimum absolute atomic E-state index is 0.553. The van der Waals surface area contributed by atoms with Crippen LogP contribution in [0.4, 0.5) is 0 Å². The molecule has 0 radical (unpaired) electrons. The van der Waals surface area contributed by atoms with E-state index in [0.717, 1.165) is 10.2 Å². The second kappa shape index (κ2) is 5.08. The molecule has 0 unspecified atom stereocenters. The summed E-state index contributed by atoms with van der Waals surface area (Å²) in [6, 6.07) is 6.85. The van der Waals surface area contributed by atoms with Gasteiger partial charge in [-0.1, -0.05) is 29.8 Å². The zero-order valence-corrected chi connectivity index (χ0v) is 13.4. The standard InChI is InChI=1S/C17H15ClN2S/c1-10-14(15-16(18)19-9-20-17(15)21-10)13-7-6-11-4-2-3-5-12(11)8-13/h6-9H,2-5H2,1H3. The molecule has 0 atom stereocenters. The monoisotopic (exact) mass is 314 g/mol. The van der Waals surface area contributed by atoms with Crippen LogP contribution in [0.1, 0.15) is 28.8 Å². The van der Waals surface area contributed by atoms with Crippen LogP contribution in [-0.2, 0) is 12.8 Å². The first-order valence-corrected chi connectivity index (χ1v) is 8.45. The SMILES string of the molecule is Cc1sc2ncnc(Cl)c2c1-c1ccc2c(c1)CCCC2. The van der Waals surface area contributed by atoms with E-state index in [-0.39, 0.29) is 0 Å². The van der Waals surface area contributed by atoms with Gasteiger partial charge in [-0.3, -0.25) is 0 Å². The second-order valence-electron chi connectivity index (χ2n) is 5.57. The van der Waals surface area contributed by atoms with Crippen LogP contribution < -0.4 is 0 Å². The van der Waals surface area contributed by atoms with Gasteiger partial charge in [0.05, 0.1) is 5.39 Å². The molecule has 1 aromatic carbocycles. The maximum Gasteiger partial charge on any atom is 0.141 e. The van der Waals surface area contributed by atoms with E-state index < -0.39 is 0 Å². The van der Waals surface area contributed by atoms with Crippen molar-refractivity contribution in [3.63, 3.8) is 0 Å². The largest absolute Gasteiger partial charge is 0.225 e. The van der Waals surface area contributed by atoms with Gasteiger partial charge in [0.1, 0.15) is 16.3 Å². The van der Waals surface area contributed by atoms with Gasteiger partial charge >= 0.3 is 0 Å². The van der Waals surface area contributed by atoms with Crippen molar-refractivity contribution in [3.05, 3.63) is 45.7 Å². The summed E-state index contributed by atoms with van der Waals surface area (Å²) in [6.45, 7) is 2.14. The zero-order valence-electron chi connectivity index (χ0n) is 11.8. The summed E-state index contributed by atoms with van der Waals surface area (Å²) in [5.74, 6) is 0. The summed E-state index contributed by atoms with van der Waals surface area (Å²) < 4.78 is 0. The maximum absolute atomic E-state index is 6.32. The van der Waals surface area contributed by atoms with Crippen molar-refractivity contribution in [2.75, 3.05) is 0 Å². The average Bonchev–Trinajstić information content (AvgIpc) is 2.84. The quantitative estimate of drug-likeness (QED) is 0.577. The van der Waals surface area contributed by atoms with E-state index in [0.29, 0.717) is 5.15 Å². The zero-order chi connectivity index (χ0) is 14.4. The molecule has 1 aliphatic rings. The third-order valence-corrected chi connectivity index (χ3v) is 5.55. The summed E-state index contributed by atoms with van der Waals surface area (Å²) in [7, 11) is 0. The lowest BCUT2D eigenvalue weighted by Gasteiger charge is -2.16. The van der Waals surface area contributed by atoms with Gasteiger partial charge in [0.2, 0.25) is 0 Å². The van der Waals surface area contributed by atoms with Crippen molar-refractivity contribution in [2.45, 2.75) is 32.6 Å². The van der Waals surface area contributed by atoms with Crippen molar-refractivity contribution in [3.8, 4) is 11.1 Å². The number of fused-ring (bicyclic) bond motifs is 2. The van der Waals surface area contributed by atoms with Crippen molar-refractivity contribution >= 4 is 33.2 Å². The number of hydrogen-bond acceptors (Lipinski definition) is 3. The van der Waals surface area contributed by atoms with E-state index in [1.54, 1.807) is 11.3 Å². The van der Waals surface area contributed by atoms with Crippen LogP contribution in [0.5, 0.6) is 0 Å². The van der Waals surface area contributed by atoms with Gasteiger partial charge < -0.3 is 0 Å². The highest BCUT2D eigenvalue weighted by Crippen LogP contribution is 2.41. The first-order valence-electron chi connectivity index (χ1n) is 7.26. The molecule has 0 N–H and O–H groups in total. The molecule has 4 heteroatoms. The van der Waals surface area contributed by atoms with Crippen LogP contribution >= 0.6 is 22.9 Å². The fourth-order valence-corrected chi connectivity index (χ4v) is 4.54. The van der Waals surface area contributed by atoms with Gasteiger partial charge in [-0.15, -0.1) is 11.3 Å². The molecule has 2 aromatic heterocycles. The van der Waals surface area contributed by atoms with Crippen LogP contribution in [0.15, 0.2) is 24.5 Å². The molecule has 0 bridgehead atoms. The molecule has 0 saturated heterocycles. The van der Waals surface area contributed by atoms with Crippen molar-refractivity contribution in [2.24, 2.45) is 0 Å². The lowest BCUT2D eigenvalue weighted by atomic mass is 9.89. The molecule has 0 spiro atoms. The predicted molar refractivity (Wildman–Crippen MR) is 89.2 cm³/mol. The normalized spacial score (nSPS) is 14.4. The van der Waals surface area contributed by atoms with E-state index in [9.17, 15) is 0 Å². The molecule has 0 saturated carbocycles. The highest BCUT2D eigenvalue weighted by Gasteiger charge is 2.17. The molecule has 21 heavy (non-hydrogen) atoms. The summed E-state index contributed by atoms with van der Waals surface area (Å²) in [5, 5.41) is 1.55. The van der Waals surface area contributed by atoms with Crippen molar-refractivity contribution in [1.82, 2.24) is 9.97 Å². The minimum atomic E-state index is 0.553. The highest BCUT2D eigenvalue weighted by atomic mass is 35.5. The molecule has 4 rings (SSSR count). The molecule has 0 aliphatic heterocycles. The van der Waals surface area contributed by atoms with E-state index in [2.05, 4.69) is 35.1 Å². The maximum atomic E-state index is 6.32. The average molecular weight is 315 g/mol. The lowest BCUT2D eigenvalue weighted by Crippen LogP contribution is -2.02. The van der Waals surface area contributed by atoms with Crippen LogP contribution in [0.3, 0.4) is 0 Å². The van der Waals surface area contributed by atoms with E-state index >= 15 is 0 Å². The van der Waals surface area contributed by atoms with Gasteiger partial charge in [-0.25, -0.2) is 9.97 Å². The molecular weight excluding hydrogens is 300 g/mol. The molecular formula is C17H15ClN2S. The Bertz CT molecular complexity index is 838. The van der Waals surface area contributed by atoms with Crippen LogP contribution in [0, 0.1) is 6.92 Å². The van der Waals surface area contributed by atoms with Gasteiger partial charge in [0, 0.05) is 10.4 Å². The predicted octanol–water partition coefficient (Wildman–Crippen LogP) is 5.20. The summed E-state index contributed by atoms with van der Waals surface area (Å²) in [5.41, 5.74) is 5.44. The Kier molecular flexibility index (Phi) is 3.20. The number of nitrogens with zero attached hydrogens (tertiary/aromatic N) is 2. The number of aromatic nitrogens is 2. The number of rotatable bonds is 1. The Morgan fingerprint density at radius 1 is 1.10 bits per heavy atom.